The van der Waals surface area contributed by atoms with Crippen molar-refractivity contribution >= 4 is 40.2 Å². The number of benzene rings is 1. The molecule has 0 unspecified atom stereocenters. The number of amides is 1. The Bertz CT molecular complexity index is 598. The quantitative estimate of drug-likeness (QED) is 0.609. The zero-order valence-corrected chi connectivity index (χ0v) is 13.8. The van der Waals surface area contributed by atoms with Gasteiger partial charge in [0.25, 0.3) is 0 Å². The second-order valence-electron chi connectivity index (χ2n) is 4.64. The van der Waals surface area contributed by atoms with Gasteiger partial charge in [0.1, 0.15) is 6.61 Å². The minimum Gasteiger partial charge on any atom is -0.486 e. The number of ether oxygens (including phenoxy) is 1. The Morgan fingerprint density at radius 2 is 2.29 bits per heavy atom. The van der Waals surface area contributed by atoms with Gasteiger partial charge in [0.05, 0.1) is 14.8 Å². The lowest BCUT2D eigenvalue weighted by molar-refractivity contribution is -0.117. The van der Waals surface area contributed by atoms with Crippen LogP contribution >= 0.6 is 22.6 Å². The Balaban J connectivity index is 2.45. The van der Waals surface area contributed by atoms with Crippen LogP contribution in [0.5, 0.6) is 5.75 Å². The van der Waals surface area contributed by atoms with E-state index in [0.717, 1.165) is 6.42 Å². The van der Waals surface area contributed by atoms with Gasteiger partial charge in [0, 0.05) is 13.0 Å². The maximum atomic E-state index is 12.0. The number of carboxylic acids is 1. The zero-order valence-electron chi connectivity index (χ0n) is 11.6. The molecule has 0 radical (unpaired) electrons. The van der Waals surface area contributed by atoms with Gasteiger partial charge in [-0.15, -0.1) is 0 Å². The van der Waals surface area contributed by atoms with Crippen molar-refractivity contribution < 1.29 is 19.4 Å². The average Bonchev–Trinajstić information content (AvgIpc) is 2.86. The molecule has 1 aliphatic heterocycles. The number of hydrogen-bond donors (Lipinski definition) is 1. The molecule has 0 spiro atoms. The van der Waals surface area contributed by atoms with E-state index in [0.29, 0.717) is 34.6 Å². The van der Waals surface area contributed by atoms with Crippen molar-refractivity contribution in [3.63, 3.8) is 0 Å². The molecule has 0 aromatic heterocycles. The summed E-state index contributed by atoms with van der Waals surface area (Å²) in [6, 6.07) is 3.07. The lowest BCUT2D eigenvalue weighted by Gasteiger charge is -2.21. The number of carboxylic acid groups (broad SMARTS) is 1. The molecule has 1 aromatic carbocycles. The molecule has 6 heteroatoms. The summed E-state index contributed by atoms with van der Waals surface area (Å²) in [5.41, 5.74) is 0.707. The summed E-state index contributed by atoms with van der Waals surface area (Å²) in [6.45, 7) is 2.87. The average molecular weight is 401 g/mol. The Morgan fingerprint density at radius 3 is 2.86 bits per heavy atom. The molecule has 1 aliphatic rings. The molecule has 5 nitrogen and oxygen atoms in total. The largest absolute Gasteiger partial charge is 0.486 e. The van der Waals surface area contributed by atoms with Crippen molar-refractivity contribution in [1.82, 2.24) is 0 Å². The van der Waals surface area contributed by atoms with E-state index < -0.39 is 5.97 Å². The van der Waals surface area contributed by atoms with Gasteiger partial charge in [0.15, 0.2) is 5.75 Å². The maximum Gasteiger partial charge on any atom is 0.335 e. The summed E-state index contributed by atoms with van der Waals surface area (Å²) in [6.07, 6.45) is 5.00. The number of carbonyl (C=O) groups is 2. The molecule has 1 N–H and O–H groups in total. The minimum absolute atomic E-state index is 0.00391. The molecule has 0 bridgehead atoms. The number of anilines is 1. The SMILES string of the molecule is CC=CCOc1c(I)cc(C(=O)O)cc1N1CCCC1=O. The molecule has 0 saturated carbocycles. The molecular weight excluding hydrogens is 385 g/mol. The topological polar surface area (TPSA) is 66.8 Å². The fourth-order valence-electron chi connectivity index (χ4n) is 2.18. The van der Waals surface area contributed by atoms with Crippen molar-refractivity contribution in [3.05, 3.63) is 33.4 Å². The Hall–Kier alpha value is -1.57. The first-order valence-electron chi connectivity index (χ1n) is 6.65. The van der Waals surface area contributed by atoms with Crippen molar-refractivity contribution in [2.24, 2.45) is 0 Å². The van der Waals surface area contributed by atoms with Gasteiger partial charge in [-0.3, -0.25) is 4.79 Å². The molecule has 2 rings (SSSR count). The van der Waals surface area contributed by atoms with Gasteiger partial charge in [-0.25, -0.2) is 4.79 Å². The molecule has 0 aliphatic carbocycles. The zero-order chi connectivity index (χ0) is 15.4. The van der Waals surface area contributed by atoms with Crippen molar-refractivity contribution in [1.29, 1.82) is 0 Å². The van der Waals surface area contributed by atoms with Gasteiger partial charge in [-0.1, -0.05) is 12.2 Å². The van der Waals surface area contributed by atoms with E-state index in [-0.39, 0.29) is 11.5 Å². The van der Waals surface area contributed by atoms with E-state index >= 15 is 0 Å². The van der Waals surface area contributed by atoms with E-state index in [1.54, 1.807) is 11.0 Å². The van der Waals surface area contributed by atoms with Gasteiger partial charge in [0.2, 0.25) is 5.91 Å². The van der Waals surface area contributed by atoms with Crippen molar-refractivity contribution in [2.45, 2.75) is 19.8 Å². The van der Waals surface area contributed by atoms with Crippen LogP contribution in [0.15, 0.2) is 24.3 Å². The van der Waals surface area contributed by atoms with E-state index in [1.165, 1.54) is 6.07 Å². The maximum absolute atomic E-state index is 12.0. The summed E-state index contributed by atoms with van der Waals surface area (Å²) in [7, 11) is 0. The van der Waals surface area contributed by atoms with E-state index in [9.17, 15) is 14.7 Å². The predicted octanol–water partition coefficient (Wildman–Crippen LogP) is 3.07. The number of hydrogen-bond acceptors (Lipinski definition) is 3. The highest BCUT2D eigenvalue weighted by molar-refractivity contribution is 14.1. The normalized spacial score (nSPS) is 15.0. The van der Waals surface area contributed by atoms with Gasteiger partial charge in [-0.2, -0.15) is 0 Å². The lowest BCUT2D eigenvalue weighted by atomic mass is 10.1. The van der Waals surface area contributed by atoms with Crippen LogP contribution in [0.2, 0.25) is 0 Å². The number of allylic oxidation sites excluding steroid dienone is 1. The van der Waals surface area contributed by atoms with E-state index in [1.807, 2.05) is 41.7 Å². The third-order valence-electron chi connectivity index (χ3n) is 3.19. The molecule has 1 saturated heterocycles. The summed E-state index contributed by atoms with van der Waals surface area (Å²) in [5, 5.41) is 9.19. The van der Waals surface area contributed by atoms with Crippen LogP contribution in [-0.4, -0.2) is 30.1 Å². The van der Waals surface area contributed by atoms with Crippen LogP contribution in [0, 0.1) is 3.57 Å². The Morgan fingerprint density at radius 1 is 1.52 bits per heavy atom. The number of halogens is 1. The van der Waals surface area contributed by atoms with E-state index in [4.69, 9.17) is 4.74 Å². The monoisotopic (exact) mass is 401 g/mol. The number of carbonyl (C=O) groups excluding carboxylic acids is 1. The second-order valence-corrected chi connectivity index (χ2v) is 5.80. The molecule has 1 amide bonds. The first-order valence-corrected chi connectivity index (χ1v) is 7.73. The molecule has 1 fully saturated rings. The lowest BCUT2D eigenvalue weighted by Crippen LogP contribution is -2.25. The Kier molecular flexibility index (Phi) is 5.22. The second kappa shape index (κ2) is 6.93. The molecule has 21 heavy (non-hydrogen) atoms. The van der Waals surface area contributed by atoms with Crippen LogP contribution in [0.4, 0.5) is 5.69 Å². The van der Waals surface area contributed by atoms with Crippen LogP contribution < -0.4 is 9.64 Å². The first kappa shape index (κ1) is 15.8. The fourth-order valence-corrected chi connectivity index (χ4v) is 2.94. The van der Waals surface area contributed by atoms with Crippen molar-refractivity contribution in [2.75, 3.05) is 18.1 Å². The number of nitrogens with zero attached hydrogens (tertiary/aromatic N) is 1. The summed E-state index contributed by atoms with van der Waals surface area (Å²) < 4.78 is 6.41. The molecule has 1 heterocycles. The summed E-state index contributed by atoms with van der Waals surface area (Å²) >= 11 is 2.04. The van der Waals surface area contributed by atoms with Crippen molar-refractivity contribution in [3.8, 4) is 5.75 Å². The van der Waals surface area contributed by atoms with Gasteiger partial charge in [-0.05, 0) is 48.1 Å². The molecular formula is C15H16INO4. The number of rotatable bonds is 5. The third-order valence-corrected chi connectivity index (χ3v) is 4.00. The summed E-state index contributed by atoms with van der Waals surface area (Å²) in [4.78, 5) is 24.8. The van der Waals surface area contributed by atoms with Crippen LogP contribution in [0.3, 0.4) is 0 Å². The van der Waals surface area contributed by atoms with Gasteiger partial charge >= 0.3 is 5.97 Å². The van der Waals surface area contributed by atoms with Crippen LogP contribution in [0.1, 0.15) is 30.1 Å². The molecule has 0 atom stereocenters. The number of aromatic carboxylic acids is 1. The Labute approximate surface area is 136 Å². The minimum atomic E-state index is -1.01. The standard InChI is InChI=1S/C15H16INO4/c1-2-3-7-21-14-11(16)8-10(15(19)20)9-12(14)17-6-4-5-13(17)18/h2-3,8-9H,4-7H2,1H3,(H,19,20). The smallest absolute Gasteiger partial charge is 0.335 e. The molecule has 112 valence electrons. The highest BCUT2D eigenvalue weighted by Gasteiger charge is 2.27. The first-order chi connectivity index (χ1) is 10.0. The fraction of sp³-hybridized carbons (Fsp3) is 0.333. The van der Waals surface area contributed by atoms with E-state index in [2.05, 4.69) is 0 Å². The predicted molar refractivity (Wildman–Crippen MR) is 88.0 cm³/mol. The van der Waals surface area contributed by atoms with Crippen LogP contribution in [0.25, 0.3) is 0 Å². The van der Waals surface area contributed by atoms with Gasteiger partial charge < -0.3 is 14.7 Å². The third kappa shape index (κ3) is 3.55. The highest BCUT2D eigenvalue weighted by atomic mass is 127. The highest BCUT2D eigenvalue weighted by Crippen LogP contribution is 2.37. The van der Waals surface area contributed by atoms with Crippen LogP contribution in [-0.2, 0) is 4.79 Å². The summed E-state index contributed by atoms with van der Waals surface area (Å²) in [5.74, 6) is -0.445. The molecule has 1 aromatic rings.